The second kappa shape index (κ2) is 17.4. The van der Waals surface area contributed by atoms with Crippen molar-refractivity contribution in [2.75, 3.05) is 40.9 Å². The van der Waals surface area contributed by atoms with Crippen molar-refractivity contribution >= 4 is 28.4 Å². The Labute approximate surface area is 341 Å². The van der Waals surface area contributed by atoms with Crippen LogP contribution in [0.15, 0.2) is 170 Å². The highest BCUT2D eigenvalue weighted by Crippen LogP contribution is 2.47. The Balaban J connectivity index is 1.40. The molecule has 0 spiro atoms. The van der Waals surface area contributed by atoms with Crippen LogP contribution in [0.3, 0.4) is 0 Å². The molecule has 0 aliphatic carbocycles. The van der Waals surface area contributed by atoms with Gasteiger partial charge in [0, 0.05) is 54.6 Å². The number of benzene rings is 7. The third kappa shape index (κ3) is 7.98. The van der Waals surface area contributed by atoms with Gasteiger partial charge in [-0.05, 0) is 143 Å². The van der Waals surface area contributed by atoms with E-state index in [1.807, 2.05) is 0 Å². The van der Waals surface area contributed by atoms with E-state index in [0.717, 1.165) is 43.2 Å². The molecule has 0 saturated heterocycles. The summed E-state index contributed by atoms with van der Waals surface area (Å²) < 4.78 is 0. The predicted octanol–water partition coefficient (Wildman–Crippen LogP) is 13.8. The van der Waals surface area contributed by atoms with Crippen LogP contribution in [-0.4, -0.2) is 26.2 Å². The molecule has 3 nitrogen and oxygen atoms in total. The smallest absolute Gasteiger partial charge is 0.0701 e. The monoisotopic (exact) mass is 747 g/mol. The molecule has 0 aliphatic rings. The SMILES string of the molecule is CCN(CC)c1ccc(C(c2ccc(C)cc2)(c2ccc(N(CC)CC)cc2)c2ccc(N(c3ccc(C)cc3)c3ccc(-c4ccc(C)cc4)cc3)cc2)cc1. The lowest BCUT2D eigenvalue weighted by Crippen LogP contribution is -2.31. The van der Waals surface area contributed by atoms with Gasteiger partial charge in [0.2, 0.25) is 0 Å². The van der Waals surface area contributed by atoms with Gasteiger partial charge in [0.25, 0.3) is 0 Å². The largest absolute Gasteiger partial charge is 0.372 e. The average molecular weight is 748 g/mol. The van der Waals surface area contributed by atoms with Gasteiger partial charge in [-0.3, -0.25) is 0 Å². The first-order chi connectivity index (χ1) is 27.8. The lowest BCUT2D eigenvalue weighted by Gasteiger charge is -2.38. The van der Waals surface area contributed by atoms with Crippen LogP contribution in [-0.2, 0) is 5.41 Å². The molecule has 0 aliphatic heterocycles. The van der Waals surface area contributed by atoms with Crippen LogP contribution in [0.25, 0.3) is 11.1 Å². The normalized spacial score (nSPS) is 11.4. The van der Waals surface area contributed by atoms with Crippen LogP contribution in [0.1, 0.15) is 66.6 Å². The van der Waals surface area contributed by atoms with E-state index < -0.39 is 5.41 Å². The van der Waals surface area contributed by atoms with Gasteiger partial charge in [0.05, 0.1) is 5.41 Å². The number of rotatable bonds is 14. The molecule has 0 bridgehead atoms. The summed E-state index contributed by atoms with van der Waals surface area (Å²) in [5.74, 6) is 0. The quantitative estimate of drug-likeness (QED) is 0.103. The first kappa shape index (κ1) is 39.2. The van der Waals surface area contributed by atoms with Gasteiger partial charge in [-0.25, -0.2) is 0 Å². The van der Waals surface area contributed by atoms with Gasteiger partial charge in [-0.1, -0.05) is 126 Å². The molecule has 0 atom stereocenters. The first-order valence-electron chi connectivity index (χ1n) is 20.7. The summed E-state index contributed by atoms with van der Waals surface area (Å²) in [6.07, 6.45) is 0. The fraction of sp³-hybridized carbons (Fsp3) is 0.222. The number of aryl methyl sites for hydroxylation is 3. The summed E-state index contributed by atoms with van der Waals surface area (Å²) in [4.78, 5) is 7.20. The van der Waals surface area contributed by atoms with Crippen LogP contribution in [0.4, 0.5) is 28.4 Å². The summed E-state index contributed by atoms with van der Waals surface area (Å²) in [7, 11) is 0. The van der Waals surface area contributed by atoms with Gasteiger partial charge in [-0.2, -0.15) is 0 Å². The summed E-state index contributed by atoms with van der Waals surface area (Å²) in [5.41, 5.74) is 16.4. The van der Waals surface area contributed by atoms with Crippen molar-refractivity contribution in [3.8, 4) is 11.1 Å². The number of anilines is 5. The van der Waals surface area contributed by atoms with Crippen LogP contribution in [0.5, 0.6) is 0 Å². The van der Waals surface area contributed by atoms with E-state index in [2.05, 4.69) is 233 Å². The third-order valence-electron chi connectivity index (χ3n) is 11.7. The van der Waals surface area contributed by atoms with Crippen molar-refractivity contribution in [2.24, 2.45) is 0 Å². The molecule has 0 radical (unpaired) electrons. The average Bonchev–Trinajstić information content (AvgIpc) is 3.25. The molecule has 3 heteroatoms. The van der Waals surface area contributed by atoms with Gasteiger partial charge < -0.3 is 14.7 Å². The second-order valence-electron chi connectivity index (χ2n) is 15.2. The molecule has 0 saturated carbocycles. The number of hydrogen-bond acceptors (Lipinski definition) is 3. The zero-order valence-corrected chi connectivity index (χ0v) is 34.8. The standard InChI is InChI=1S/C54H57N3/c1-8-55(9-2)49-34-24-46(25-35-49)54(45-22-14-41(6)15-23-45,47-26-36-50(37-27-47)56(10-3)11-4)48-28-38-53(39-29-48)57(51-30-16-42(7)17-31-51)52-32-20-44(21-33-52)43-18-12-40(5)13-19-43/h12-39H,8-11H2,1-7H3. The van der Waals surface area contributed by atoms with Crippen molar-refractivity contribution in [3.05, 3.63) is 209 Å². The molecular weight excluding hydrogens is 691 g/mol. The van der Waals surface area contributed by atoms with Crippen LogP contribution < -0.4 is 14.7 Å². The Morgan fingerprint density at radius 2 is 0.526 bits per heavy atom. The molecule has 7 aromatic carbocycles. The second-order valence-corrected chi connectivity index (χ2v) is 15.2. The topological polar surface area (TPSA) is 9.72 Å². The lowest BCUT2D eigenvalue weighted by atomic mass is 9.65. The maximum absolute atomic E-state index is 2.41. The van der Waals surface area contributed by atoms with Crippen LogP contribution in [0, 0.1) is 20.8 Å². The predicted molar refractivity (Wildman–Crippen MR) is 246 cm³/mol. The van der Waals surface area contributed by atoms with Crippen LogP contribution >= 0.6 is 0 Å². The van der Waals surface area contributed by atoms with Gasteiger partial charge in [-0.15, -0.1) is 0 Å². The van der Waals surface area contributed by atoms with Crippen molar-refractivity contribution in [2.45, 2.75) is 53.9 Å². The van der Waals surface area contributed by atoms with E-state index in [0.29, 0.717) is 0 Å². The molecule has 7 aromatic rings. The van der Waals surface area contributed by atoms with Crippen molar-refractivity contribution in [1.82, 2.24) is 0 Å². The molecule has 0 heterocycles. The fourth-order valence-corrected chi connectivity index (χ4v) is 8.38. The highest BCUT2D eigenvalue weighted by atomic mass is 15.1. The number of hydrogen-bond donors (Lipinski definition) is 0. The minimum absolute atomic E-state index is 0.569. The molecular formula is C54H57N3. The molecule has 0 aromatic heterocycles. The molecule has 0 amide bonds. The summed E-state index contributed by atoms with van der Waals surface area (Å²) in [6, 6.07) is 63.7. The highest BCUT2D eigenvalue weighted by Gasteiger charge is 2.39. The number of nitrogens with zero attached hydrogens (tertiary/aromatic N) is 3. The fourth-order valence-electron chi connectivity index (χ4n) is 8.38. The molecule has 57 heavy (non-hydrogen) atoms. The Bertz CT molecular complexity index is 2260. The molecule has 0 unspecified atom stereocenters. The maximum atomic E-state index is 2.41. The molecule has 0 fully saturated rings. The van der Waals surface area contributed by atoms with E-state index in [-0.39, 0.29) is 0 Å². The lowest BCUT2D eigenvalue weighted by molar-refractivity contribution is 0.743. The molecule has 7 rings (SSSR count). The van der Waals surface area contributed by atoms with Crippen molar-refractivity contribution < 1.29 is 0 Å². The Morgan fingerprint density at radius 1 is 0.298 bits per heavy atom. The first-order valence-corrected chi connectivity index (χ1v) is 20.7. The Morgan fingerprint density at radius 3 is 0.860 bits per heavy atom. The van der Waals surface area contributed by atoms with Gasteiger partial charge in [0.15, 0.2) is 0 Å². The van der Waals surface area contributed by atoms with E-state index in [1.54, 1.807) is 0 Å². The Hall–Kier alpha value is -6.06. The molecule has 288 valence electrons. The summed E-state index contributed by atoms with van der Waals surface area (Å²) >= 11 is 0. The van der Waals surface area contributed by atoms with E-state index in [4.69, 9.17) is 0 Å². The highest BCUT2D eigenvalue weighted by molar-refractivity contribution is 5.79. The van der Waals surface area contributed by atoms with E-state index in [9.17, 15) is 0 Å². The minimum atomic E-state index is -0.569. The van der Waals surface area contributed by atoms with Crippen LogP contribution in [0.2, 0.25) is 0 Å². The van der Waals surface area contributed by atoms with E-state index >= 15 is 0 Å². The van der Waals surface area contributed by atoms with Gasteiger partial charge >= 0.3 is 0 Å². The van der Waals surface area contributed by atoms with E-state index in [1.165, 1.54) is 61.4 Å². The Kier molecular flexibility index (Phi) is 12.0. The zero-order chi connectivity index (χ0) is 39.9. The van der Waals surface area contributed by atoms with Crippen molar-refractivity contribution in [1.29, 1.82) is 0 Å². The van der Waals surface area contributed by atoms with Gasteiger partial charge in [0.1, 0.15) is 0 Å². The zero-order valence-electron chi connectivity index (χ0n) is 34.8. The maximum Gasteiger partial charge on any atom is 0.0701 e. The van der Waals surface area contributed by atoms with Crippen molar-refractivity contribution in [3.63, 3.8) is 0 Å². The summed E-state index contributed by atoms with van der Waals surface area (Å²) in [5, 5.41) is 0. The third-order valence-corrected chi connectivity index (χ3v) is 11.7. The molecule has 0 N–H and O–H groups in total. The minimum Gasteiger partial charge on any atom is -0.372 e. The summed E-state index contributed by atoms with van der Waals surface area (Å²) in [6.45, 7) is 19.2.